The van der Waals surface area contributed by atoms with Crippen LogP contribution in [0.15, 0.2) is 59.7 Å². The van der Waals surface area contributed by atoms with Gasteiger partial charge in [0.05, 0.1) is 28.7 Å². The smallest absolute Gasteiger partial charge is 0.334 e. The van der Waals surface area contributed by atoms with Gasteiger partial charge in [0.15, 0.2) is 9.84 Å². The van der Waals surface area contributed by atoms with Crippen LogP contribution in [-0.2, 0) is 19.4 Å². The van der Waals surface area contributed by atoms with Gasteiger partial charge < -0.3 is 14.4 Å². The second-order valence-corrected chi connectivity index (χ2v) is 11.9. The first-order valence-corrected chi connectivity index (χ1v) is 13.3. The highest BCUT2D eigenvalue weighted by atomic mass is 32.2. The van der Waals surface area contributed by atoms with Gasteiger partial charge in [-0.15, -0.1) is 0 Å². The molecular formula is C27H35NO5S. The number of aryl methyl sites for hydroxylation is 1. The molecule has 3 rings (SSSR count). The van der Waals surface area contributed by atoms with Gasteiger partial charge in [-0.25, -0.2) is 13.2 Å². The summed E-state index contributed by atoms with van der Waals surface area (Å²) in [6.07, 6.45) is 3.94. The molecule has 184 valence electrons. The maximum Gasteiger partial charge on any atom is 0.334 e. The van der Waals surface area contributed by atoms with Crippen molar-refractivity contribution in [2.45, 2.75) is 64.9 Å². The van der Waals surface area contributed by atoms with Crippen LogP contribution in [0.4, 0.5) is 11.4 Å². The average molecular weight is 486 g/mol. The van der Waals surface area contributed by atoms with Crippen molar-refractivity contribution < 1.29 is 22.7 Å². The molecule has 0 atom stereocenters. The number of carbonyl (C=O) groups excluding carboxylic acids is 1. The van der Waals surface area contributed by atoms with Crippen LogP contribution >= 0.6 is 0 Å². The van der Waals surface area contributed by atoms with E-state index in [4.69, 9.17) is 9.47 Å². The molecule has 0 spiro atoms. The Morgan fingerprint density at radius 1 is 1.12 bits per heavy atom. The van der Waals surface area contributed by atoms with Crippen LogP contribution in [0.2, 0.25) is 0 Å². The molecule has 7 heteroatoms. The summed E-state index contributed by atoms with van der Waals surface area (Å²) < 4.78 is 38.2. The van der Waals surface area contributed by atoms with Crippen LogP contribution < -0.4 is 9.64 Å². The first kappa shape index (κ1) is 25.8. The summed E-state index contributed by atoms with van der Waals surface area (Å²) in [5.74, 6) is -0.0753. The molecule has 6 nitrogen and oxygen atoms in total. The van der Waals surface area contributed by atoms with Crippen molar-refractivity contribution >= 4 is 27.2 Å². The van der Waals surface area contributed by atoms with Crippen LogP contribution in [0.25, 0.3) is 0 Å². The van der Waals surface area contributed by atoms with E-state index in [0.717, 1.165) is 24.1 Å². The Labute approximate surface area is 203 Å². The van der Waals surface area contributed by atoms with Crippen LogP contribution in [0, 0.1) is 12.3 Å². The number of carbonyl (C=O) groups is 1. The molecule has 0 saturated heterocycles. The number of para-hydroxylation sites is 1. The molecule has 0 N–H and O–H groups in total. The normalized spacial score (nSPS) is 17.2. The number of nitrogens with zero attached hydrogens (tertiary/aromatic N) is 1. The summed E-state index contributed by atoms with van der Waals surface area (Å²) in [6.45, 7) is 11.9. The van der Waals surface area contributed by atoms with Crippen molar-refractivity contribution in [3.63, 3.8) is 0 Å². The minimum atomic E-state index is -3.59. The molecule has 0 unspecified atom stereocenters. The molecule has 0 saturated carbocycles. The number of benzene rings is 2. The van der Waals surface area contributed by atoms with Gasteiger partial charge in [0.25, 0.3) is 0 Å². The van der Waals surface area contributed by atoms with Crippen molar-refractivity contribution in [2.75, 3.05) is 17.2 Å². The summed E-state index contributed by atoms with van der Waals surface area (Å²) in [7, 11) is -3.59. The number of sulfone groups is 1. The van der Waals surface area contributed by atoms with E-state index >= 15 is 0 Å². The Hall–Kier alpha value is -2.80. The number of hydrogen-bond donors (Lipinski definition) is 0. The lowest BCUT2D eigenvalue weighted by Crippen LogP contribution is -2.37. The Morgan fingerprint density at radius 2 is 1.76 bits per heavy atom. The Bertz CT molecular complexity index is 1160. The van der Waals surface area contributed by atoms with E-state index in [9.17, 15) is 13.2 Å². The zero-order valence-electron chi connectivity index (χ0n) is 20.9. The third-order valence-corrected chi connectivity index (χ3v) is 8.24. The van der Waals surface area contributed by atoms with E-state index in [1.807, 2.05) is 43.3 Å². The number of ether oxygens (including phenoxy) is 2. The topological polar surface area (TPSA) is 72.9 Å². The van der Waals surface area contributed by atoms with E-state index < -0.39 is 21.4 Å². The molecule has 2 aromatic carbocycles. The predicted octanol–water partition coefficient (Wildman–Crippen LogP) is 5.96. The molecule has 0 bridgehead atoms. The highest BCUT2D eigenvalue weighted by Crippen LogP contribution is 2.45. The Morgan fingerprint density at radius 3 is 2.35 bits per heavy atom. The first-order valence-electron chi connectivity index (χ1n) is 11.7. The van der Waals surface area contributed by atoms with Crippen LogP contribution in [0.3, 0.4) is 0 Å². The van der Waals surface area contributed by atoms with Crippen molar-refractivity contribution in [1.29, 1.82) is 0 Å². The summed E-state index contributed by atoms with van der Waals surface area (Å²) in [5, 5.41) is 0. The fourth-order valence-electron chi connectivity index (χ4n) is 4.20. The third kappa shape index (κ3) is 5.81. The standard InChI is InChI=1S/C27H35NO5S/c1-7-27(8-2)18-28(21-12-10-9-11-13-21)22-16-20(3)23(17-24(22)34(30,31)19-27)32-15-14-25(29)33-26(4,5)6/h9-17H,7-8,18-19H2,1-6H3/b15-14+. The second kappa shape index (κ2) is 9.82. The van der Waals surface area contributed by atoms with Crippen LogP contribution in [0.1, 0.15) is 53.0 Å². The third-order valence-electron chi connectivity index (χ3n) is 6.25. The number of fused-ring (bicyclic) bond motifs is 1. The van der Waals surface area contributed by atoms with Crippen molar-refractivity contribution in [2.24, 2.45) is 5.41 Å². The monoisotopic (exact) mass is 485 g/mol. The minimum absolute atomic E-state index is 0.0690. The average Bonchev–Trinajstić information content (AvgIpc) is 2.85. The van der Waals surface area contributed by atoms with E-state index in [0.29, 0.717) is 18.0 Å². The highest BCUT2D eigenvalue weighted by Gasteiger charge is 2.41. The van der Waals surface area contributed by atoms with Gasteiger partial charge in [-0.3, -0.25) is 0 Å². The van der Waals surface area contributed by atoms with Gasteiger partial charge in [-0.1, -0.05) is 32.0 Å². The van der Waals surface area contributed by atoms with Crippen LogP contribution in [-0.4, -0.2) is 32.3 Å². The van der Waals surface area contributed by atoms with Gasteiger partial charge >= 0.3 is 5.97 Å². The maximum absolute atomic E-state index is 13.6. The molecule has 1 aliphatic heterocycles. The molecule has 2 aromatic rings. The lowest BCUT2D eigenvalue weighted by atomic mass is 9.83. The molecule has 0 fully saturated rings. The molecule has 0 radical (unpaired) electrons. The molecule has 0 amide bonds. The summed E-state index contributed by atoms with van der Waals surface area (Å²) in [5.41, 5.74) is 1.38. The molecule has 0 aliphatic carbocycles. The molecular weight excluding hydrogens is 450 g/mol. The fourth-order valence-corrected chi connectivity index (χ4v) is 6.44. The van der Waals surface area contributed by atoms with Crippen LogP contribution in [0.5, 0.6) is 5.75 Å². The van der Waals surface area contributed by atoms with E-state index in [1.165, 1.54) is 12.3 Å². The Balaban J connectivity index is 2.06. The van der Waals surface area contributed by atoms with E-state index in [-0.39, 0.29) is 16.1 Å². The largest absolute Gasteiger partial charge is 0.464 e. The zero-order chi connectivity index (χ0) is 25.1. The van der Waals surface area contributed by atoms with Gasteiger partial charge in [-0.05, 0) is 64.3 Å². The number of rotatable bonds is 6. The Kier molecular flexibility index (Phi) is 7.46. The predicted molar refractivity (Wildman–Crippen MR) is 135 cm³/mol. The molecule has 1 heterocycles. The van der Waals surface area contributed by atoms with Crippen molar-refractivity contribution in [3.05, 3.63) is 60.4 Å². The second-order valence-electron chi connectivity index (χ2n) is 9.93. The van der Waals surface area contributed by atoms with Gasteiger partial charge in [0, 0.05) is 23.7 Å². The quantitative estimate of drug-likeness (QED) is 0.285. The zero-order valence-corrected chi connectivity index (χ0v) is 21.7. The fraction of sp³-hybridized carbons (Fsp3) is 0.444. The van der Waals surface area contributed by atoms with Crippen molar-refractivity contribution in [3.8, 4) is 5.75 Å². The van der Waals surface area contributed by atoms with Crippen molar-refractivity contribution in [1.82, 2.24) is 0 Å². The SMILES string of the molecule is CCC1(CC)CN(c2ccccc2)c2cc(C)c(O/C=C/C(=O)OC(C)(C)C)cc2S(=O)(=O)C1. The molecule has 0 aromatic heterocycles. The van der Waals surface area contributed by atoms with Gasteiger partial charge in [0.2, 0.25) is 0 Å². The lowest BCUT2D eigenvalue weighted by molar-refractivity contribution is -0.148. The summed E-state index contributed by atoms with van der Waals surface area (Å²) >= 11 is 0. The van der Waals surface area contributed by atoms with E-state index in [2.05, 4.69) is 18.7 Å². The highest BCUT2D eigenvalue weighted by molar-refractivity contribution is 7.91. The maximum atomic E-state index is 13.6. The van der Waals surface area contributed by atoms with Gasteiger partial charge in [-0.2, -0.15) is 0 Å². The number of hydrogen-bond acceptors (Lipinski definition) is 6. The summed E-state index contributed by atoms with van der Waals surface area (Å²) in [4.78, 5) is 14.3. The number of anilines is 2. The summed E-state index contributed by atoms with van der Waals surface area (Å²) in [6, 6.07) is 13.3. The number of esters is 1. The lowest BCUT2D eigenvalue weighted by Gasteiger charge is -2.35. The molecule has 1 aliphatic rings. The first-order chi connectivity index (χ1) is 15.9. The minimum Gasteiger partial charge on any atom is -0.464 e. The van der Waals surface area contributed by atoms with E-state index in [1.54, 1.807) is 26.8 Å². The molecule has 34 heavy (non-hydrogen) atoms. The van der Waals surface area contributed by atoms with Gasteiger partial charge in [0.1, 0.15) is 11.4 Å².